The van der Waals surface area contributed by atoms with E-state index in [-0.39, 0.29) is 78.1 Å². The number of nitrogen functional groups attached to an aromatic ring is 1. The van der Waals surface area contributed by atoms with Gasteiger partial charge in [-0.25, -0.2) is 14.6 Å². The highest BCUT2D eigenvalue weighted by Crippen LogP contribution is 2.43. The number of imide groups is 1. The highest BCUT2D eigenvalue weighted by atomic mass is 35.5. The number of rotatable bonds is 21. The number of hydrogen-bond donors (Lipinski definition) is 6. The lowest BCUT2D eigenvalue weighted by Crippen LogP contribution is -2.50. The molecule has 3 fully saturated rings. The van der Waals surface area contributed by atoms with Gasteiger partial charge in [0.25, 0.3) is 11.5 Å². The SMILES string of the molecule is C[C@@H]1OCC2(CCN(c3cnc(Sc4cccc(NC(=O)CCC(=O)NCCCCCCCCCCCC(=O)Nc5cccc6cnn(C7CCC(=O)NC7=O)c(=O)c56)c4Cl)c(N)n3)CC2)[C@@H]1N. The Kier molecular flexibility index (Phi) is 17.4. The summed E-state index contributed by atoms with van der Waals surface area (Å²) in [5.74, 6) is -0.643. The molecule has 1 spiro atoms. The summed E-state index contributed by atoms with van der Waals surface area (Å²) in [6.07, 6.45) is 14.6. The predicted octanol–water partition coefficient (Wildman–Crippen LogP) is 6.26. The molecular formula is C48H62ClN11O7S. The van der Waals surface area contributed by atoms with Crippen molar-refractivity contribution in [2.75, 3.05) is 47.5 Å². The molecule has 2 aromatic carbocycles. The first-order valence-corrected chi connectivity index (χ1v) is 24.9. The van der Waals surface area contributed by atoms with Gasteiger partial charge in [-0.2, -0.15) is 5.10 Å². The molecule has 0 bridgehead atoms. The van der Waals surface area contributed by atoms with Crippen LogP contribution in [-0.4, -0.2) is 87.7 Å². The van der Waals surface area contributed by atoms with Gasteiger partial charge in [-0.1, -0.05) is 86.5 Å². The second-order valence-corrected chi connectivity index (χ2v) is 19.4. The van der Waals surface area contributed by atoms with Crippen LogP contribution in [0.25, 0.3) is 10.8 Å². The fraction of sp³-hybridized carbons (Fsp3) is 0.521. The van der Waals surface area contributed by atoms with Crippen LogP contribution in [0.2, 0.25) is 5.02 Å². The molecule has 0 saturated carbocycles. The number of nitrogens with one attached hydrogen (secondary N) is 4. The smallest absolute Gasteiger partial charge is 0.277 e. The molecule has 3 aliphatic heterocycles. The van der Waals surface area contributed by atoms with Crippen LogP contribution in [0.3, 0.4) is 0 Å². The van der Waals surface area contributed by atoms with E-state index in [1.165, 1.54) is 18.0 Å². The van der Waals surface area contributed by atoms with Gasteiger partial charge in [0.1, 0.15) is 16.9 Å². The first-order chi connectivity index (χ1) is 32.8. The number of carbonyl (C=O) groups excluding carboxylic acids is 5. The monoisotopic (exact) mass is 971 g/mol. The molecule has 0 radical (unpaired) electrons. The van der Waals surface area contributed by atoms with E-state index in [2.05, 4.69) is 41.2 Å². The minimum atomic E-state index is -0.893. The molecule has 4 aromatic rings. The third-order valence-corrected chi connectivity index (χ3v) is 14.8. The number of aromatic nitrogens is 4. The van der Waals surface area contributed by atoms with E-state index in [0.29, 0.717) is 57.1 Å². The lowest BCUT2D eigenvalue weighted by atomic mass is 9.73. The van der Waals surface area contributed by atoms with Crippen LogP contribution >= 0.6 is 23.4 Å². The van der Waals surface area contributed by atoms with E-state index < -0.39 is 17.5 Å². The lowest BCUT2D eigenvalue weighted by Gasteiger charge is -2.41. The molecule has 2 aromatic heterocycles. The van der Waals surface area contributed by atoms with E-state index in [1.807, 2.05) is 13.0 Å². The topological polar surface area (TPSA) is 259 Å². The normalized spacial score (nSPS) is 19.0. The summed E-state index contributed by atoms with van der Waals surface area (Å²) in [6, 6.07) is 9.56. The summed E-state index contributed by atoms with van der Waals surface area (Å²) < 4.78 is 6.94. The second kappa shape index (κ2) is 23.6. The molecule has 0 aliphatic carbocycles. The number of amides is 5. The number of ether oxygens (including phenoxy) is 1. The summed E-state index contributed by atoms with van der Waals surface area (Å²) in [4.78, 5) is 87.6. The molecule has 7 rings (SSSR count). The van der Waals surface area contributed by atoms with Crippen molar-refractivity contribution in [2.24, 2.45) is 11.1 Å². The van der Waals surface area contributed by atoms with Gasteiger partial charge in [0.15, 0.2) is 5.82 Å². The lowest BCUT2D eigenvalue weighted by molar-refractivity contribution is -0.136. The van der Waals surface area contributed by atoms with Crippen LogP contribution in [0, 0.1) is 5.41 Å². The van der Waals surface area contributed by atoms with Gasteiger partial charge in [0.2, 0.25) is 23.6 Å². The maximum atomic E-state index is 13.4. The molecular weight excluding hydrogens is 910 g/mol. The van der Waals surface area contributed by atoms with Crippen LogP contribution < -0.4 is 43.2 Å². The van der Waals surface area contributed by atoms with E-state index in [4.69, 9.17) is 27.8 Å². The Balaban J connectivity index is 0.718. The third-order valence-electron chi connectivity index (χ3n) is 13.2. The van der Waals surface area contributed by atoms with Crippen molar-refractivity contribution in [1.29, 1.82) is 0 Å². The van der Waals surface area contributed by atoms with Gasteiger partial charge >= 0.3 is 0 Å². The van der Waals surface area contributed by atoms with Gasteiger partial charge in [-0.15, -0.1) is 0 Å². The average molecular weight is 973 g/mol. The predicted molar refractivity (Wildman–Crippen MR) is 262 cm³/mol. The highest BCUT2D eigenvalue weighted by Gasteiger charge is 2.47. The van der Waals surface area contributed by atoms with Gasteiger partial charge in [0.05, 0.1) is 46.9 Å². The molecule has 3 atom stereocenters. The number of halogens is 1. The number of carbonyl (C=O) groups is 5. The number of fused-ring (bicyclic) bond motifs is 1. The van der Waals surface area contributed by atoms with Gasteiger partial charge in [-0.05, 0) is 57.2 Å². The van der Waals surface area contributed by atoms with Gasteiger partial charge < -0.3 is 37.1 Å². The van der Waals surface area contributed by atoms with Crippen molar-refractivity contribution in [3.63, 3.8) is 0 Å². The largest absolute Gasteiger partial charge is 0.381 e. The minimum Gasteiger partial charge on any atom is -0.381 e. The van der Waals surface area contributed by atoms with E-state index >= 15 is 0 Å². The van der Waals surface area contributed by atoms with E-state index in [1.54, 1.807) is 36.5 Å². The summed E-state index contributed by atoms with van der Waals surface area (Å²) >= 11 is 7.98. The zero-order valence-electron chi connectivity index (χ0n) is 38.5. The molecule has 18 nitrogen and oxygen atoms in total. The summed E-state index contributed by atoms with van der Waals surface area (Å²) in [6.45, 7) is 4.86. The summed E-state index contributed by atoms with van der Waals surface area (Å²) in [7, 11) is 0. The summed E-state index contributed by atoms with van der Waals surface area (Å²) in [5.41, 5.74) is 13.2. The first-order valence-electron chi connectivity index (χ1n) is 23.7. The third kappa shape index (κ3) is 12.7. The number of unbranched alkanes of at least 4 members (excludes halogenated alkanes) is 8. The Morgan fingerprint density at radius 3 is 2.25 bits per heavy atom. The standard InChI is InChI=1S/C48H62ClN11O7S/c1-30-43(50)48(29-67-30)22-25-59(26-23-48)36-28-53-46(44(51)57-36)68-35-16-12-15-33(42(35)49)56-39(63)21-20-37(61)52-24-10-8-6-4-2-3-5-7-9-17-38(62)55-32-14-11-13-31-27-54-60(47(66)41(31)32)34-18-19-40(64)58-45(34)65/h11-16,27-28,30,34,43H,2-10,17-26,29,50H2,1H3,(H2,51,57)(H,52,61)(H,55,62)(H,56,63)(H,58,64,65)/t30-,34?,43+/m0/s1. The fourth-order valence-corrected chi connectivity index (χ4v) is 10.2. The number of piperidine rings is 2. The summed E-state index contributed by atoms with van der Waals surface area (Å²) in [5, 5.41) is 16.7. The first kappa shape index (κ1) is 50.3. The van der Waals surface area contributed by atoms with Gasteiger partial charge in [0, 0.05) is 67.1 Å². The van der Waals surface area contributed by atoms with Crippen molar-refractivity contribution < 1.29 is 28.7 Å². The fourth-order valence-electron chi connectivity index (χ4n) is 9.12. The number of anilines is 4. The average Bonchev–Trinajstić information content (AvgIpc) is 3.59. The zero-order chi connectivity index (χ0) is 48.2. The van der Waals surface area contributed by atoms with Crippen LogP contribution in [0.5, 0.6) is 0 Å². The quantitative estimate of drug-likeness (QED) is 0.0398. The molecule has 5 heterocycles. The number of benzene rings is 2. The second-order valence-electron chi connectivity index (χ2n) is 18.0. The van der Waals surface area contributed by atoms with Gasteiger partial charge in [-0.3, -0.25) is 34.1 Å². The minimum absolute atomic E-state index is 0.00116. The van der Waals surface area contributed by atoms with Crippen LogP contribution in [0.15, 0.2) is 63.5 Å². The van der Waals surface area contributed by atoms with Crippen LogP contribution in [0.4, 0.5) is 23.0 Å². The van der Waals surface area contributed by atoms with E-state index in [0.717, 1.165) is 88.4 Å². The number of nitrogens with two attached hydrogens (primary N) is 2. The molecule has 364 valence electrons. The van der Waals surface area contributed by atoms with Crippen molar-refractivity contribution in [3.05, 3.63) is 64.2 Å². The van der Waals surface area contributed by atoms with Crippen molar-refractivity contribution in [3.8, 4) is 0 Å². The van der Waals surface area contributed by atoms with Crippen LogP contribution in [-0.2, 0) is 28.7 Å². The Morgan fingerprint density at radius 1 is 0.882 bits per heavy atom. The molecule has 5 amide bonds. The van der Waals surface area contributed by atoms with E-state index in [9.17, 15) is 28.8 Å². The van der Waals surface area contributed by atoms with Crippen molar-refractivity contribution in [2.45, 2.75) is 138 Å². The molecule has 68 heavy (non-hydrogen) atoms. The highest BCUT2D eigenvalue weighted by molar-refractivity contribution is 7.99. The molecule has 1 unspecified atom stereocenters. The van der Waals surface area contributed by atoms with Crippen molar-refractivity contribution in [1.82, 2.24) is 30.4 Å². The Bertz CT molecular complexity index is 2540. The molecule has 8 N–H and O–H groups in total. The molecule has 20 heteroatoms. The Hall–Kier alpha value is -5.63. The molecule has 3 saturated heterocycles. The maximum Gasteiger partial charge on any atom is 0.277 e. The Morgan fingerprint density at radius 2 is 1.54 bits per heavy atom. The Labute approximate surface area is 404 Å². The maximum absolute atomic E-state index is 13.4. The zero-order valence-corrected chi connectivity index (χ0v) is 40.1. The molecule has 3 aliphatic rings. The van der Waals surface area contributed by atoms with Crippen molar-refractivity contribution >= 4 is 86.7 Å². The number of hydrogen-bond acceptors (Lipinski definition) is 14. The van der Waals surface area contributed by atoms with Crippen LogP contribution in [0.1, 0.15) is 116 Å². The number of nitrogens with zero attached hydrogens (tertiary/aromatic N) is 5.